The number of hydrogen-bond donors (Lipinski definition) is 1. The third-order valence-electron chi connectivity index (χ3n) is 5.71. The molecule has 3 aromatic rings. The average molecular weight is 441 g/mol. The number of ether oxygens (including phenoxy) is 3. The lowest BCUT2D eigenvalue weighted by Gasteiger charge is -2.36. The molecule has 1 N–H and O–H groups in total. The van der Waals surface area contributed by atoms with Crippen molar-refractivity contribution in [1.82, 2.24) is 9.97 Å². The van der Waals surface area contributed by atoms with Crippen LogP contribution in [0.4, 0.5) is 10.2 Å². The van der Waals surface area contributed by atoms with E-state index in [0.29, 0.717) is 46.9 Å². The summed E-state index contributed by atoms with van der Waals surface area (Å²) >= 11 is 0. The van der Waals surface area contributed by atoms with Crippen LogP contribution in [0.25, 0.3) is 10.9 Å². The molecule has 1 unspecified atom stereocenters. The Labute approximate surface area is 184 Å². The predicted octanol–water partition coefficient (Wildman–Crippen LogP) is 3.74. The van der Waals surface area contributed by atoms with E-state index >= 15 is 0 Å². The van der Waals surface area contributed by atoms with Crippen LogP contribution in [-0.2, 0) is 0 Å². The maximum absolute atomic E-state index is 14.4. The van der Waals surface area contributed by atoms with Gasteiger partial charge in [0.25, 0.3) is 0 Å². The Kier molecular flexibility index (Phi) is 5.98. The first-order valence-corrected chi connectivity index (χ1v) is 10.2. The fourth-order valence-corrected chi connectivity index (χ4v) is 4.22. The summed E-state index contributed by atoms with van der Waals surface area (Å²) in [5.41, 5.74) is 0.456. The number of ketones is 1. The molecule has 4 rings (SSSR count). The molecular weight excluding hydrogens is 417 g/mol. The van der Waals surface area contributed by atoms with Gasteiger partial charge >= 0.3 is 0 Å². The second-order valence-corrected chi connectivity index (χ2v) is 7.47. The number of carbonyl (C=O) groups excluding carboxylic acids is 1. The molecule has 1 aromatic heterocycles. The molecule has 168 valence electrons. The van der Waals surface area contributed by atoms with Gasteiger partial charge in [0.05, 0.1) is 38.3 Å². The number of benzene rings is 2. The lowest BCUT2D eigenvalue weighted by atomic mass is 9.93. The molecule has 1 aliphatic heterocycles. The molecule has 1 saturated heterocycles. The van der Waals surface area contributed by atoms with Crippen LogP contribution >= 0.6 is 0 Å². The second kappa shape index (κ2) is 8.86. The number of methoxy groups -OCH3 is 3. The van der Waals surface area contributed by atoms with E-state index in [0.717, 1.165) is 18.9 Å². The van der Waals surface area contributed by atoms with Crippen molar-refractivity contribution in [3.63, 3.8) is 0 Å². The highest BCUT2D eigenvalue weighted by Gasteiger charge is 2.33. The van der Waals surface area contributed by atoms with Crippen molar-refractivity contribution in [2.75, 3.05) is 32.8 Å². The maximum atomic E-state index is 14.4. The number of nitrogens with zero attached hydrogens (tertiary/aromatic N) is 3. The van der Waals surface area contributed by atoms with E-state index in [9.17, 15) is 14.3 Å². The molecule has 0 radical (unpaired) electrons. The number of halogens is 1. The molecule has 0 spiro atoms. The van der Waals surface area contributed by atoms with Crippen LogP contribution < -0.4 is 19.1 Å². The zero-order valence-electron chi connectivity index (χ0n) is 18.1. The standard InChI is InChI=1S/C23H24FN3O5/c1-30-18-11-15-19(22(32-3)21(18)31-2)25-12-26-23(15)27-9-5-4-6-17(27)20(29)14-8-7-13(28)10-16(14)24/h7-8,10-12,17,28H,4-6,9H2,1-3H3. The number of rotatable bonds is 6. The summed E-state index contributed by atoms with van der Waals surface area (Å²) in [6.45, 7) is 0.568. The Morgan fingerprint density at radius 2 is 1.88 bits per heavy atom. The summed E-state index contributed by atoms with van der Waals surface area (Å²) in [6, 6.07) is 4.71. The maximum Gasteiger partial charge on any atom is 0.205 e. The zero-order valence-corrected chi connectivity index (χ0v) is 18.1. The van der Waals surface area contributed by atoms with E-state index in [1.54, 1.807) is 6.07 Å². The number of anilines is 1. The average Bonchev–Trinajstić information content (AvgIpc) is 2.81. The number of phenolic OH excluding ortho intramolecular Hbond substituents is 1. The Morgan fingerprint density at radius 1 is 1.09 bits per heavy atom. The topological polar surface area (TPSA) is 94.0 Å². The van der Waals surface area contributed by atoms with E-state index in [1.165, 1.54) is 39.8 Å². The van der Waals surface area contributed by atoms with Gasteiger partial charge < -0.3 is 24.2 Å². The van der Waals surface area contributed by atoms with Gasteiger partial charge in [-0.2, -0.15) is 0 Å². The molecular formula is C23H24FN3O5. The van der Waals surface area contributed by atoms with Gasteiger partial charge in [-0.1, -0.05) is 0 Å². The van der Waals surface area contributed by atoms with Crippen molar-refractivity contribution in [1.29, 1.82) is 0 Å². The van der Waals surface area contributed by atoms with Crippen LogP contribution in [0.3, 0.4) is 0 Å². The molecule has 0 bridgehead atoms. The third-order valence-corrected chi connectivity index (χ3v) is 5.71. The minimum absolute atomic E-state index is 0.0603. The molecule has 8 nitrogen and oxygen atoms in total. The van der Waals surface area contributed by atoms with Gasteiger partial charge in [-0.05, 0) is 37.5 Å². The van der Waals surface area contributed by atoms with Crippen LogP contribution in [0.1, 0.15) is 29.6 Å². The summed E-state index contributed by atoms with van der Waals surface area (Å²) < 4.78 is 30.9. The van der Waals surface area contributed by atoms with Crippen molar-refractivity contribution in [2.45, 2.75) is 25.3 Å². The number of aromatic hydroxyl groups is 1. The quantitative estimate of drug-likeness (QED) is 0.578. The monoisotopic (exact) mass is 441 g/mol. The molecule has 32 heavy (non-hydrogen) atoms. The van der Waals surface area contributed by atoms with Gasteiger partial charge in [-0.25, -0.2) is 14.4 Å². The molecule has 0 amide bonds. The first kappa shape index (κ1) is 21.6. The van der Waals surface area contributed by atoms with Crippen LogP contribution in [0.15, 0.2) is 30.6 Å². The Hall–Kier alpha value is -3.62. The van der Waals surface area contributed by atoms with Gasteiger partial charge in [0.15, 0.2) is 17.3 Å². The lowest BCUT2D eigenvalue weighted by Crippen LogP contribution is -2.45. The first-order valence-electron chi connectivity index (χ1n) is 10.2. The SMILES string of the molecule is COc1cc2c(N3CCCCC3C(=O)c3ccc(O)cc3F)ncnc2c(OC)c1OC. The van der Waals surface area contributed by atoms with Crippen molar-refractivity contribution in [3.8, 4) is 23.0 Å². The Morgan fingerprint density at radius 3 is 2.56 bits per heavy atom. The van der Waals surface area contributed by atoms with E-state index in [-0.39, 0.29) is 17.1 Å². The Bertz CT molecular complexity index is 1170. The van der Waals surface area contributed by atoms with E-state index < -0.39 is 11.9 Å². The van der Waals surface area contributed by atoms with Gasteiger partial charge in [0.1, 0.15) is 29.2 Å². The first-order chi connectivity index (χ1) is 15.5. The van der Waals surface area contributed by atoms with Gasteiger partial charge in [-0.3, -0.25) is 4.79 Å². The molecule has 1 aliphatic rings. The highest BCUT2D eigenvalue weighted by molar-refractivity contribution is 6.04. The van der Waals surface area contributed by atoms with Crippen molar-refractivity contribution < 1.29 is 28.5 Å². The molecule has 1 atom stereocenters. The summed E-state index contributed by atoms with van der Waals surface area (Å²) in [7, 11) is 4.55. The highest BCUT2D eigenvalue weighted by Crippen LogP contribution is 2.45. The number of carbonyl (C=O) groups is 1. The summed E-state index contributed by atoms with van der Waals surface area (Å²) in [6.07, 6.45) is 3.65. The van der Waals surface area contributed by atoms with Crippen molar-refractivity contribution >= 4 is 22.5 Å². The molecule has 0 saturated carbocycles. The van der Waals surface area contributed by atoms with Crippen LogP contribution in [0.5, 0.6) is 23.0 Å². The van der Waals surface area contributed by atoms with E-state index in [1.807, 2.05) is 4.90 Å². The van der Waals surface area contributed by atoms with Crippen LogP contribution in [0.2, 0.25) is 0 Å². The highest BCUT2D eigenvalue weighted by atomic mass is 19.1. The fourth-order valence-electron chi connectivity index (χ4n) is 4.22. The lowest BCUT2D eigenvalue weighted by molar-refractivity contribution is 0.0940. The summed E-state index contributed by atoms with van der Waals surface area (Å²) in [5.74, 6) is 0.445. The Balaban J connectivity index is 1.85. The van der Waals surface area contributed by atoms with Crippen molar-refractivity contribution in [2.24, 2.45) is 0 Å². The van der Waals surface area contributed by atoms with Gasteiger partial charge in [0.2, 0.25) is 5.75 Å². The predicted molar refractivity (Wildman–Crippen MR) is 117 cm³/mol. The van der Waals surface area contributed by atoms with E-state index in [2.05, 4.69) is 9.97 Å². The fraction of sp³-hybridized carbons (Fsp3) is 0.348. The van der Waals surface area contributed by atoms with Crippen molar-refractivity contribution in [3.05, 3.63) is 42.0 Å². The summed E-state index contributed by atoms with van der Waals surface area (Å²) in [4.78, 5) is 24.1. The minimum Gasteiger partial charge on any atom is -0.508 e. The number of phenols is 1. The molecule has 2 heterocycles. The zero-order chi connectivity index (χ0) is 22.8. The number of piperidine rings is 1. The van der Waals surface area contributed by atoms with E-state index in [4.69, 9.17) is 14.2 Å². The number of aromatic nitrogens is 2. The van der Waals surface area contributed by atoms with Crippen LogP contribution in [0, 0.1) is 5.82 Å². The third kappa shape index (κ3) is 3.63. The number of Topliss-reactive ketones (excluding diaryl/α,β-unsaturated/α-hetero) is 1. The minimum atomic E-state index is -0.749. The normalized spacial score (nSPS) is 16.1. The molecule has 9 heteroatoms. The largest absolute Gasteiger partial charge is 0.508 e. The molecule has 0 aliphatic carbocycles. The smallest absolute Gasteiger partial charge is 0.205 e. The van der Waals surface area contributed by atoms with Gasteiger partial charge in [-0.15, -0.1) is 0 Å². The number of hydrogen-bond acceptors (Lipinski definition) is 8. The summed E-state index contributed by atoms with van der Waals surface area (Å²) in [5, 5.41) is 10.1. The number of fused-ring (bicyclic) bond motifs is 1. The molecule has 1 fully saturated rings. The van der Waals surface area contributed by atoms with Gasteiger partial charge in [0, 0.05) is 12.6 Å². The molecule has 2 aromatic carbocycles. The van der Waals surface area contributed by atoms with Crippen LogP contribution in [-0.4, -0.2) is 54.8 Å². The second-order valence-electron chi connectivity index (χ2n) is 7.47.